The lowest BCUT2D eigenvalue weighted by Crippen LogP contribution is -2.66. The van der Waals surface area contributed by atoms with Crippen LogP contribution in [0.1, 0.15) is 438 Å². The second-order valence-electron chi connectivity index (χ2n) is 33.8. The zero-order chi connectivity index (χ0) is 78.8. The number of carbonyl (C=O) groups excluding carboxylic acids is 1. The predicted octanol–water partition coefficient (Wildman–Crippen LogP) is 18.1. The molecule has 0 radical (unpaired) electrons. The molecule has 12 N–H and O–H groups in total. The van der Waals surface area contributed by atoms with Gasteiger partial charge < -0.3 is 89.9 Å². The minimum Gasteiger partial charge on any atom is -0.394 e. The Bertz CT molecular complexity index is 1960. The van der Waals surface area contributed by atoms with Gasteiger partial charge in [-0.05, 0) is 12.8 Å². The smallest absolute Gasteiger partial charge is 0.220 e. The summed E-state index contributed by atoms with van der Waals surface area (Å²) in [5, 5.41) is 121. The van der Waals surface area contributed by atoms with Gasteiger partial charge in [0.25, 0.3) is 0 Å². The van der Waals surface area contributed by atoms with E-state index in [1.165, 1.54) is 360 Å². The van der Waals surface area contributed by atoms with Crippen LogP contribution in [0.4, 0.5) is 0 Å². The number of ether oxygens (including phenoxy) is 6. The van der Waals surface area contributed by atoms with E-state index < -0.39 is 124 Å². The molecule has 3 aliphatic heterocycles. The molecule has 17 atom stereocenters. The number of unbranched alkanes of at least 4 members (excludes halogenated alkanes) is 62. The van der Waals surface area contributed by atoms with E-state index in [0.717, 1.165) is 44.9 Å². The lowest BCUT2D eigenvalue weighted by atomic mass is 9.96. The molecular weight excluding hydrogens is 1380 g/mol. The van der Waals surface area contributed by atoms with Crippen molar-refractivity contribution in [2.75, 3.05) is 26.4 Å². The predicted molar refractivity (Wildman–Crippen MR) is 439 cm³/mol. The summed E-state index contributed by atoms with van der Waals surface area (Å²) < 4.78 is 34.6. The Balaban J connectivity index is 1.30. The lowest BCUT2D eigenvalue weighted by Gasteiger charge is -2.48. The van der Waals surface area contributed by atoms with Crippen LogP contribution in [0.3, 0.4) is 0 Å². The van der Waals surface area contributed by atoms with Gasteiger partial charge in [0.2, 0.25) is 5.91 Å². The number of hydrogen-bond donors (Lipinski definition) is 12. The van der Waals surface area contributed by atoms with Gasteiger partial charge in [-0.2, -0.15) is 0 Å². The molecule has 0 saturated carbocycles. The summed E-state index contributed by atoms with van der Waals surface area (Å²) >= 11 is 0. The van der Waals surface area contributed by atoms with Crippen molar-refractivity contribution in [3.8, 4) is 0 Å². The van der Waals surface area contributed by atoms with Crippen molar-refractivity contribution in [1.29, 1.82) is 0 Å². The van der Waals surface area contributed by atoms with Crippen LogP contribution in [0.15, 0.2) is 0 Å². The van der Waals surface area contributed by atoms with Crippen molar-refractivity contribution in [2.24, 2.45) is 0 Å². The number of nitrogens with one attached hydrogen (secondary N) is 1. The molecule has 3 aliphatic rings. The average molecular weight is 1560 g/mol. The topological polar surface area (TPSA) is 307 Å². The Kier molecular flexibility index (Phi) is 66.4. The molecule has 3 fully saturated rings. The second-order valence-corrected chi connectivity index (χ2v) is 33.8. The molecule has 0 aromatic carbocycles. The first kappa shape index (κ1) is 102. The summed E-state index contributed by atoms with van der Waals surface area (Å²) in [4.78, 5) is 13.6. The summed E-state index contributed by atoms with van der Waals surface area (Å²) in [6.45, 7) is 1.90. The van der Waals surface area contributed by atoms with Crippen LogP contribution >= 0.6 is 0 Å². The summed E-state index contributed by atoms with van der Waals surface area (Å²) in [5.74, 6) is -0.230. The first-order chi connectivity index (χ1) is 53.3. The van der Waals surface area contributed by atoms with Crippen molar-refractivity contribution < 1.29 is 89.4 Å². The van der Waals surface area contributed by atoms with E-state index >= 15 is 0 Å². The number of carbonyl (C=O) groups is 1. The van der Waals surface area contributed by atoms with E-state index in [1.807, 2.05) is 0 Å². The van der Waals surface area contributed by atoms with Gasteiger partial charge in [0.15, 0.2) is 18.9 Å². The highest BCUT2D eigenvalue weighted by Gasteiger charge is 2.54. The summed E-state index contributed by atoms with van der Waals surface area (Å²) in [6, 6.07) is -0.885. The Labute approximate surface area is 665 Å². The van der Waals surface area contributed by atoms with Gasteiger partial charge in [0.1, 0.15) is 73.2 Å². The molecule has 19 heteroatoms. The van der Waals surface area contributed by atoms with Crippen molar-refractivity contribution >= 4 is 5.91 Å². The van der Waals surface area contributed by atoms with Crippen molar-refractivity contribution in [3.05, 3.63) is 0 Å². The van der Waals surface area contributed by atoms with Gasteiger partial charge in [-0.25, -0.2) is 0 Å². The van der Waals surface area contributed by atoms with Crippen LogP contribution in [-0.2, 0) is 33.2 Å². The molecule has 1 amide bonds. The maximum atomic E-state index is 13.6. The number of amides is 1. The molecule has 0 bridgehead atoms. The highest BCUT2D eigenvalue weighted by Crippen LogP contribution is 2.34. The fourth-order valence-electron chi connectivity index (χ4n) is 16.5. The maximum Gasteiger partial charge on any atom is 0.220 e. The molecule has 0 aromatic heterocycles. The number of aliphatic hydroxyl groups excluding tert-OH is 11. The minimum absolute atomic E-state index is 0.230. The van der Waals surface area contributed by atoms with Crippen molar-refractivity contribution in [1.82, 2.24) is 5.32 Å². The van der Waals surface area contributed by atoms with Crippen LogP contribution in [0.2, 0.25) is 0 Å². The van der Waals surface area contributed by atoms with E-state index in [9.17, 15) is 61.0 Å². The maximum absolute atomic E-state index is 13.6. The quantitative estimate of drug-likeness (QED) is 0.0252. The molecule has 109 heavy (non-hydrogen) atoms. The average Bonchev–Trinajstić information content (AvgIpc) is 0.760. The number of aliphatic hydroxyl groups is 11. The van der Waals surface area contributed by atoms with Crippen LogP contribution in [0.25, 0.3) is 0 Å². The monoisotopic (exact) mass is 1560 g/mol. The van der Waals surface area contributed by atoms with E-state index in [0.29, 0.717) is 12.8 Å². The molecule has 19 nitrogen and oxygen atoms in total. The van der Waals surface area contributed by atoms with Gasteiger partial charge in [0, 0.05) is 6.42 Å². The molecule has 3 rings (SSSR count). The fraction of sp³-hybridized carbons (Fsp3) is 0.989. The first-order valence-corrected chi connectivity index (χ1v) is 46.8. The van der Waals surface area contributed by atoms with Crippen molar-refractivity contribution in [3.63, 3.8) is 0 Å². The van der Waals surface area contributed by atoms with Crippen LogP contribution < -0.4 is 5.32 Å². The first-order valence-electron chi connectivity index (χ1n) is 46.8. The summed E-state index contributed by atoms with van der Waals surface area (Å²) in [5.41, 5.74) is 0. The normalized spacial score (nSPS) is 25.2. The van der Waals surface area contributed by atoms with Gasteiger partial charge >= 0.3 is 0 Å². The van der Waals surface area contributed by atoms with Gasteiger partial charge in [-0.1, -0.05) is 418 Å². The molecule has 648 valence electrons. The second kappa shape index (κ2) is 70.9. The molecule has 0 spiro atoms. The van der Waals surface area contributed by atoms with Gasteiger partial charge in [0.05, 0.1) is 38.6 Å². The fourth-order valence-corrected chi connectivity index (χ4v) is 16.5. The lowest BCUT2D eigenvalue weighted by molar-refractivity contribution is -0.379. The zero-order valence-electron chi connectivity index (χ0n) is 70.1. The largest absolute Gasteiger partial charge is 0.394 e. The molecular formula is C90H175NO18. The number of hydrogen-bond acceptors (Lipinski definition) is 18. The Hall–Kier alpha value is -1.21. The summed E-state index contributed by atoms with van der Waals surface area (Å²) in [7, 11) is 0. The highest BCUT2D eigenvalue weighted by molar-refractivity contribution is 5.76. The van der Waals surface area contributed by atoms with Crippen LogP contribution in [-0.4, -0.2) is 193 Å². The van der Waals surface area contributed by atoms with Gasteiger partial charge in [-0.3, -0.25) is 4.79 Å². The Morgan fingerprint density at radius 1 is 0.294 bits per heavy atom. The van der Waals surface area contributed by atoms with Crippen molar-refractivity contribution in [2.45, 2.75) is 542 Å². The molecule has 17 unspecified atom stereocenters. The molecule has 3 saturated heterocycles. The van der Waals surface area contributed by atoms with E-state index in [-0.39, 0.29) is 18.9 Å². The third-order valence-electron chi connectivity index (χ3n) is 23.9. The molecule has 0 aromatic rings. The number of rotatable bonds is 78. The molecule has 3 heterocycles. The van der Waals surface area contributed by atoms with Crippen LogP contribution in [0.5, 0.6) is 0 Å². The Morgan fingerprint density at radius 2 is 0.523 bits per heavy atom. The minimum atomic E-state index is -1.97. The van der Waals surface area contributed by atoms with E-state index in [4.69, 9.17) is 28.4 Å². The zero-order valence-corrected chi connectivity index (χ0v) is 70.1. The van der Waals surface area contributed by atoms with Crippen LogP contribution in [0, 0.1) is 0 Å². The SMILES string of the molecule is CCCCCCCCCCCCCCCCCCCCCCCCCCCCCCCCCCCCCCC(=O)NC(COC1OC(CO)C(OC2OC(CO)C(OC3OC(CO)C(O)C(O)C3O)C(O)C2O)C(O)C1O)C(O)CCCCCCCCCCCCCCCCCCCCCCCCCCCCCC. The van der Waals surface area contributed by atoms with E-state index in [2.05, 4.69) is 19.2 Å². The molecule has 0 aliphatic carbocycles. The summed E-state index contributed by atoms with van der Waals surface area (Å²) in [6.07, 6.45) is 59.5. The van der Waals surface area contributed by atoms with Gasteiger partial charge in [-0.15, -0.1) is 0 Å². The highest BCUT2D eigenvalue weighted by atomic mass is 16.8. The Morgan fingerprint density at radius 3 is 0.798 bits per heavy atom. The third kappa shape index (κ3) is 49.6. The standard InChI is InChI=1S/C90H175NO18/c1-3-5-7-9-11-13-15-17-19-21-23-25-27-29-31-33-34-35-36-37-38-39-40-42-44-46-48-50-52-54-56-58-60-62-64-66-68-78(96)91-73(74(95)67-65-63-61-59-57-55-53-51-49-47-45-43-41-32-30-28-26-24-22-20-18-16-14-12-10-8-6-4-2)72-104-88-84(102)81(99)86(76(70-93)106-88)109-90-85(103)82(100)87(77(71-94)107-90)108-89-83(101)80(98)79(97)75(69-92)105-89/h73-77,79-90,92-95,97-103H,3-72H2,1-2H3,(H,91,96). The van der Waals surface area contributed by atoms with E-state index in [1.54, 1.807) is 0 Å². The third-order valence-corrected chi connectivity index (χ3v) is 23.9.